The number of rotatable bonds is 6. The number of ether oxygens (including phenoxy) is 2. The van der Waals surface area contributed by atoms with Gasteiger partial charge in [-0.25, -0.2) is 15.0 Å². The normalized spacial score (nSPS) is 12.1. The van der Waals surface area contributed by atoms with Gasteiger partial charge in [0, 0.05) is 12.4 Å². The summed E-state index contributed by atoms with van der Waals surface area (Å²) in [5.41, 5.74) is 0.509. The van der Waals surface area contributed by atoms with Gasteiger partial charge >= 0.3 is 6.18 Å². The Bertz CT molecular complexity index is 1360. The molecule has 0 unspecified atom stereocenters. The number of imidazole rings is 1. The van der Waals surface area contributed by atoms with Crippen LogP contribution in [0.3, 0.4) is 0 Å². The number of hydrogen-bond acceptors (Lipinski definition) is 6. The number of pyridine rings is 1. The molecule has 166 valence electrons. The van der Waals surface area contributed by atoms with Crippen LogP contribution in [0.15, 0.2) is 42.7 Å². The molecule has 34 heavy (non-hydrogen) atoms. The number of aromatic nitrogens is 5. The van der Waals surface area contributed by atoms with Gasteiger partial charge in [0.2, 0.25) is 11.2 Å². The fourth-order valence-corrected chi connectivity index (χ4v) is 3.35. The number of nitrogens with zero attached hydrogens (tertiary/aromatic N) is 5. The van der Waals surface area contributed by atoms with Crippen molar-refractivity contribution in [3.05, 3.63) is 59.3 Å². The molecule has 0 N–H and O–H groups in total. The molecular formula is C20H12B3ClF3N5O2. The van der Waals surface area contributed by atoms with E-state index in [0.717, 1.165) is 4.57 Å². The lowest BCUT2D eigenvalue weighted by atomic mass is 9.49. The van der Waals surface area contributed by atoms with E-state index >= 15 is 0 Å². The van der Waals surface area contributed by atoms with Crippen molar-refractivity contribution in [1.82, 2.24) is 24.5 Å². The Hall–Kier alpha value is -3.21. The molecule has 0 fully saturated rings. The summed E-state index contributed by atoms with van der Waals surface area (Å²) in [5.74, 6) is 0.139. The standard InChI is InChI=1S/C20H12B3ClF3N5O2/c1-33-13-7-10(9-34-17-15-12(3-2-6-28-15)29-18(24)31-17)4-5-11(13)16-30-14(19(25,26)27)8-32(16)20(21,22)23/h2-8H,9H2,1H3. The van der Waals surface area contributed by atoms with Crippen LogP contribution >= 0.6 is 11.6 Å². The smallest absolute Gasteiger partial charge is 0.434 e. The second kappa shape index (κ2) is 8.86. The molecule has 1 aromatic carbocycles. The highest BCUT2D eigenvalue weighted by Gasteiger charge is 2.36. The van der Waals surface area contributed by atoms with Crippen LogP contribution in [0.5, 0.6) is 11.6 Å². The van der Waals surface area contributed by atoms with Gasteiger partial charge in [-0.2, -0.15) is 18.2 Å². The van der Waals surface area contributed by atoms with E-state index < -0.39 is 17.1 Å². The van der Waals surface area contributed by atoms with E-state index in [2.05, 4.69) is 19.9 Å². The molecule has 4 aromatic rings. The minimum Gasteiger partial charge on any atom is -0.496 e. The topological polar surface area (TPSA) is 75.0 Å². The maximum absolute atomic E-state index is 13.3. The first-order valence-electron chi connectivity index (χ1n) is 9.59. The maximum Gasteiger partial charge on any atom is 0.434 e. The van der Waals surface area contributed by atoms with Crippen molar-refractivity contribution in [1.29, 1.82) is 0 Å². The molecule has 14 heteroatoms. The SMILES string of the molecule is [B]C([B])([B])n1cc(C(F)(F)F)nc1-c1ccc(COc2nc(Cl)nc3cccnc23)cc1OC. The van der Waals surface area contributed by atoms with Gasteiger partial charge in [0.15, 0.2) is 11.2 Å². The number of benzene rings is 1. The Kier molecular flexibility index (Phi) is 6.24. The minimum absolute atomic E-state index is 0.00966. The predicted molar refractivity (Wildman–Crippen MR) is 121 cm³/mol. The van der Waals surface area contributed by atoms with Crippen molar-refractivity contribution >= 4 is 46.2 Å². The van der Waals surface area contributed by atoms with Crippen molar-refractivity contribution in [3.63, 3.8) is 0 Å². The largest absolute Gasteiger partial charge is 0.496 e. The third kappa shape index (κ3) is 4.84. The number of methoxy groups -OCH3 is 1. The summed E-state index contributed by atoms with van der Waals surface area (Å²) in [4.78, 5) is 16.0. The van der Waals surface area contributed by atoms with Crippen molar-refractivity contribution in [2.75, 3.05) is 7.11 Å². The van der Waals surface area contributed by atoms with Crippen molar-refractivity contribution < 1.29 is 22.6 Å². The molecule has 0 aliphatic rings. The van der Waals surface area contributed by atoms with Crippen LogP contribution in [0.4, 0.5) is 13.2 Å². The van der Waals surface area contributed by atoms with Gasteiger partial charge < -0.3 is 14.0 Å². The van der Waals surface area contributed by atoms with E-state index in [0.29, 0.717) is 22.8 Å². The van der Waals surface area contributed by atoms with Gasteiger partial charge in [0.05, 0.1) is 41.7 Å². The predicted octanol–water partition coefficient (Wildman–Crippen LogP) is 3.22. The molecule has 4 rings (SSSR count). The second-order valence-corrected chi connectivity index (χ2v) is 7.54. The van der Waals surface area contributed by atoms with Gasteiger partial charge in [0.25, 0.3) is 0 Å². The third-order valence-corrected chi connectivity index (χ3v) is 4.86. The molecule has 0 atom stereocenters. The average Bonchev–Trinajstić information content (AvgIpc) is 3.23. The van der Waals surface area contributed by atoms with Crippen molar-refractivity contribution in [2.45, 2.75) is 18.0 Å². The molecule has 0 saturated carbocycles. The second-order valence-electron chi connectivity index (χ2n) is 7.20. The third-order valence-electron chi connectivity index (χ3n) is 4.69. The van der Waals surface area contributed by atoms with Crippen molar-refractivity contribution in [2.24, 2.45) is 0 Å². The minimum atomic E-state index is -4.73. The van der Waals surface area contributed by atoms with E-state index in [1.165, 1.54) is 13.2 Å². The Morgan fingerprint density at radius 1 is 1.09 bits per heavy atom. The van der Waals surface area contributed by atoms with Crippen LogP contribution in [0, 0.1) is 0 Å². The highest BCUT2D eigenvalue weighted by Crippen LogP contribution is 2.36. The molecule has 0 bridgehead atoms. The molecule has 0 spiro atoms. The van der Waals surface area contributed by atoms with E-state index in [9.17, 15) is 13.2 Å². The summed E-state index contributed by atoms with van der Waals surface area (Å²) in [6.45, 7) is 0.0203. The summed E-state index contributed by atoms with van der Waals surface area (Å²) in [7, 11) is 18.3. The first-order chi connectivity index (χ1) is 16.0. The zero-order chi connectivity index (χ0) is 24.7. The Balaban J connectivity index is 1.68. The fourth-order valence-electron chi connectivity index (χ4n) is 3.18. The van der Waals surface area contributed by atoms with Gasteiger partial charge in [-0.05, 0) is 41.4 Å². The first kappa shape index (κ1) is 23.9. The molecule has 6 radical (unpaired) electrons. The number of alkyl halides is 3. The molecule has 0 amide bonds. The summed E-state index contributed by atoms with van der Waals surface area (Å²) in [6, 6.07) is 8.07. The van der Waals surface area contributed by atoms with Gasteiger partial charge in [-0.3, -0.25) is 0 Å². The molecule has 0 saturated heterocycles. The molecular weight excluding hydrogens is 467 g/mol. The maximum atomic E-state index is 13.3. The molecule has 3 aromatic heterocycles. The quantitative estimate of drug-likeness (QED) is 0.313. The number of hydrogen-bond donors (Lipinski definition) is 0. The van der Waals surface area contributed by atoms with Crippen LogP contribution in [0.2, 0.25) is 5.28 Å². The van der Waals surface area contributed by atoms with Gasteiger partial charge in [0.1, 0.15) is 18.2 Å². The number of fused-ring (bicyclic) bond motifs is 1. The zero-order valence-electron chi connectivity index (χ0n) is 17.5. The van der Waals surface area contributed by atoms with E-state index in [1.54, 1.807) is 30.5 Å². The highest BCUT2D eigenvalue weighted by molar-refractivity contribution is 6.56. The summed E-state index contributed by atoms with van der Waals surface area (Å²) < 4.78 is 51.8. The van der Waals surface area contributed by atoms with Gasteiger partial charge in [-0.1, -0.05) is 11.3 Å². The van der Waals surface area contributed by atoms with Crippen LogP contribution in [0.1, 0.15) is 11.3 Å². The molecule has 3 heterocycles. The van der Waals surface area contributed by atoms with Crippen molar-refractivity contribution in [3.8, 4) is 23.0 Å². The number of halogens is 4. The van der Waals surface area contributed by atoms with E-state index in [4.69, 9.17) is 44.6 Å². The Morgan fingerprint density at radius 3 is 2.53 bits per heavy atom. The van der Waals surface area contributed by atoms with E-state index in [-0.39, 0.29) is 34.9 Å². The Morgan fingerprint density at radius 2 is 1.85 bits per heavy atom. The fraction of sp³-hybridized carbons (Fsp3) is 0.200. The molecule has 0 aliphatic heterocycles. The molecule has 7 nitrogen and oxygen atoms in total. The monoisotopic (exact) mass is 479 g/mol. The average molecular weight is 479 g/mol. The summed E-state index contributed by atoms with van der Waals surface area (Å²) in [5, 5.41) is -2.15. The summed E-state index contributed by atoms with van der Waals surface area (Å²) >= 11 is 5.96. The van der Waals surface area contributed by atoms with Crippen LogP contribution in [-0.2, 0) is 18.0 Å². The molecule has 0 aliphatic carbocycles. The Labute approximate surface area is 200 Å². The zero-order valence-corrected chi connectivity index (χ0v) is 18.3. The van der Waals surface area contributed by atoms with Crippen LogP contribution in [-0.4, -0.2) is 55.2 Å². The summed E-state index contributed by atoms with van der Waals surface area (Å²) in [6.07, 6.45) is -2.53. The lowest BCUT2D eigenvalue weighted by Gasteiger charge is -2.25. The van der Waals surface area contributed by atoms with E-state index in [1.807, 2.05) is 0 Å². The highest BCUT2D eigenvalue weighted by atomic mass is 35.5. The van der Waals surface area contributed by atoms with Gasteiger partial charge in [-0.15, -0.1) is 0 Å². The lowest BCUT2D eigenvalue weighted by molar-refractivity contribution is -0.140. The van der Waals surface area contributed by atoms with Crippen LogP contribution in [0.25, 0.3) is 22.4 Å². The lowest BCUT2D eigenvalue weighted by Crippen LogP contribution is -2.35. The van der Waals surface area contributed by atoms with Crippen LogP contribution < -0.4 is 9.47 Å². The first-order valence-corrected chi connectivity index (χ1v) is 9.97.